The molecule has 3 heterocycles. The number of rotatable bonds is 7. The van der Waals surface area contributed by atoms with Crippen molar-refractivity contribution in [3.8, 4) is 0 Å². The maximum atomic E-state index is 12.7. The van der Waals surface area contributed by atoms with E-state index in [4.69, 9.17) is 0 Å². The summed E-state index contributed by atoms with van der Waals surface area (Å²) in [4.78, 5) is 46.5. The van der Waals surface area contributed by atoms with E-state index in [0.717, 1.165) is 51.4 Å². The van der Waals surface area contributed by atoms with Gasteiger partial charge in [-0.25, -0.2) is 4.98 Å². The van der Waals surface area contributed by atoms with Gasteiger partial charge in [-0.2, -0.15) is 0 Å². The first-order valence-electron chi connectivity index (χ1n) is 11.7. The van der Waals surface area contributed by atoms with Crippen molar-refractivity contribution in [1.82, 2.24) is 20.1 Å². The first-order valence-corrected chi connectivity index (χ1v) is 11.7. The number of carbonyl (C=O) groups is 2. The Hall–Kier alpha value is -3.53. The van der Waals surface area contributed by atoms with Crippen LogP contribution in [0, 0.1) is 16.0 Å². The molecular formula is C24H30N6O4. The van der Waals surface area contributed by atoms with Gasteiger partial charge in [0.25, 0.3) is 11.6 Å². The van der Waals surface area contributed by atoms with Gasteiger partial charge in [0, 0.05) is 69.7 Å². The number of pyridine rings is 1. The minimum absolute atomic E-state index is 0.114. The molecule has 34 heavy (non-hydrogen) atoms. The lowest BCUT2D eigenvalue weighted by atomic mass is 9.97. The number of aromatic nitrogens is 1. The standard InChI is InChI=1S/C24H30N6O4/c31-23(16-26-24(32)20-6-3-7-21(15-20)30(33)34)29-10-4-5-19(18-29)17-27-11-13-28(14-12-27)22-8-1-2-9-25-22/h1-3,6-9,15,19H,4-5,10-14,16-18H2,(H,26,32). The zero-order chi connectivity index (χ0) is 23.9. The Bertz CT molecular complexity index is 1010. The predicted molar refractivity (Wildman–Crippen MR) is 128 cm³/mol. The fraction of sp³-hybridized carbons (Fsp3) is 0.458. The van der Waals surface area contributed by atoms with Crippen LogP contribution < -0.4 is 10.2 Å². The third kappa shape index (κ3) is 6.07. The highest BCUT2D eigenvalue weighted by molar-refractivity contribution is 5.96. The summed E-state index contributed by atoms with van der Waals surface area (Å²) in [6.45, 7) is 6.05. The lowest BCUT2D eigenvalue weighted by Crippen LogP contribution is -2.51. The number of likely N-dealkylation sites (tertiary alicyclic amines) is 1. The third-order valence-electron chi connectivity index (χ3n) is 6.45. The predicted octanol–water partition coefficient (Wildman–Crippen LogP) is 1.78. The van der Waals surface area contributed by atoms with Crippen LogP contribution in [0.3, 0.4) is 0 Å². The highest BCUT2D eigenvalue weighted by Crippen LogP contribution is 2.20. The molecule has 1 aromatic carbocycles. The number of amides is 2. The Labute approximate surface area is 198 Å². The molecule has 0 spiro atoms. The first-order chi connectivity index (χ1) is 16.5. The second kappa shape index (κ2) is 11.1. The summed E-state index contributed by atoms with van der Waals surface area (Å²) < 4.78 is 0. The molecule has 0 radical (unpaired) electrons. The second-order valence-corrected chi connectivity index (χ2v) is 8.81. The molecule has 1 N–H and O–H groups in total. The molecule has 2 aliphatic heterocycles. The quantitative estimate of drug-likeness (QED) is 0.489. The Morgan fingerprint density at radius 3 is 2.65 bits per heavy atom. The van der Waals surface area contributed by atoms with E-state index < -0.39 is 10.8 Å². The van der Waals surface area contributed by atoms with Crippen LogP contribution >= 0.6 is 0 Å². The van der Waals surface area contributed by atoms with Crippen LogP contribution in [0.25, 0.3) is 0 Å². The van der Waals surface area contributed by atoms with E-state index in [2.05, 4.69) is 20.1 Å². The molecule has 0 saturated carbocycles. The van der Waals surface area contributed by atoms with Crippen molar-refractivity contribution in [3.63, 3.8) is 0 Å². The van der Waals surface area contributed by atoms with Crippen molar-refractivity contribution in [2.45, 2.75) is 12.8 Å². The van der Waals surface area contributed by atoms with E-state index >= 15 is 0 Å². The van der Waals surface area contributed by atoms with E-state index in [9.17, 15) is 19.7 Å². The Balaban J connectivity index is 1.22. The number of hydrogen-bond donors (Lipinski definition) is 1. The van der Waals surface area contributed by atoms with Gasteiger partial charge in [0.2, 0.25) is 5.91 Å². The molecule has 1 atom stereocenters. The number of nitro benzene ring substituents is 1. The summed E-state index contributed by atoms with van der Waals surface area (Å²) in [6, 6.07) is 11.5. The van der Waals surface area contributed by atoms with E-state index in [1.165, 1.54) is 24.3 Å². The van der Waals surface area contributed by atoms with E-state index in [1.807, 2.05) is 29.3 Å². The molecule has 2 fully saturated rings. The van der Waals surface area contributed by atoms with Crippen LogP contribution in [-0.4, -0.2) is 83.9 Å². The van der Waals surface area contributed by atoms with Crippen molar-refractivity contribution in [3.05, 3.63) is 64.3 Å². The lowest BCUT2D eigenvalue weighted by Gasteiger charge is -2.39. The normalized spacial score (nSPS) is 19.0. The average Bonchev–Trinajstić information content (AvgIpc) is 2.88. The number of anilines is 1. The summed E-state index contributed by atoms with van der Waals surface area (Å²) in [6.07, 6.45) is 3.86. The van der Waals surface area contributed by atoms with Crippen LogP contribution in [0.1, 0.15) is 23.2 Å². The Kier molecular flexibility index (Phi) is 7.69. The highest BCUT2D eigenvalue weighted by atomic mass is 16.6. The summed E-state index contributed by atoms with van der Waals surface area (Å²) in [5.74, 6) is 0.815. The zero-order valence-corrected chi connectivity index (χ0v) is 19.1. The SMILES string of the molecule is O=C(NCC(=O)N1CCCC(CN2CCN(c3ccccn3)CC2)C1)c1cccc([N+](=O)[O-])c1. The first kappa shape index (κ1) is 23.6. The number of piperazine rings is 1. The van der Waals surface area contributed by atoms with Crippen molar-refractivity contribution in [1.29, 1.82) is 0 Å². The molecule has 4 rings (SSSR count). The van der Waals surface area contributed by atoms with Crippen molar-refractivity contribution >= 4 is 23.3 Å². The van der Waals surface area contributed by atoms with Gasteiger partial charge in [-0.15, -0.1) is 0 Å². The Morgan fingerprint density at radius 1 is 1.09 bits per heavy atom. The molecule has 10 nitrogen and oxygen atoms in total. The molecule has 1 unspecified atom stereocenters. The smallest absolute Gasteiger partial charge is 0.270 e. The van der Waals surface area contributed by atoms with Crippen LogP contribution in [0.15, 0.2) is 48.7 Å². The van der Waals surface area contributed by atoms with Gasteiger partial charge in [0.1, 0.15) is 5.82 Å². The lowest BCUT2D eigenvalue weighted by molar-refractivity contribution is -0.384. The van der Waals surface area contributed by atoms with E-state index in [1.54, 1.807) is 0 Å². The molecular weight excluding hydrogens is 436 g/mol. The fourth-order valence-electron chi connectivity index (χ4n) is 4.64. The number of hydrogen-bond acceptors (Lipinski definition) is 7. The summed E-state index contributed by atoms with van der Waals surface area (Å²) in [5, 5.41) is 13.5. The van der Waals surface area contributed by atoms with Gasteiger partial charge in [-0.05, 0) is 37.0 Å². The van der Waals surface area contributed by atoms with Crippen molar-refractivity contribution in [2.75, 3.05) is 57.3 Å². The van der Waals surface area contributed by atoms with Gasteiger partial charge in [0.15, 0.2) is 0 Å². The van der Waals surface area contributed by atoms with Crippen molar-refractivity contribution in [2.24, 2.45) is 5.92 Å². The number of carbonyl (C=O) groups excluding carboxylic acids is 2. The second-order valence-electron chi connectivity index (χ2n) is 8.81. The van der Waals surface area contributed by atoms with Crippen LogP contribution in [0.2, 0.25) is 0 Å². The molecule has 2 aliphatic rings. The largest absolute Gasteiger partial charge is 0.354 e. The third-order valence-corrected chi connectivity index (χ3v) is 6.45. The monoisotopic (exact) mass is 466 g/mol. The summed E-state index contributed by atoms with van der Waals surface area (Å²) >= 11 is 0. The van der Waals surface area contributed by atoms with Crippen molar-refractivity contribution < 1.29 is 14.5 Å². The van der Waals surface area contributed by atoms with Gasteiger partial charge in [0.05, 0.1) is 11.5 Å². The molecule has 2 saturated heterocycles. The number of piperidine rings is 1. The topological polar surface area (TPSA) is 112 Å². The van der Waals surface area contributed by atoms with Gasteiger partial charge < -0.3 is 15.1 Å². The maximum absolute atomic E-state index is 12.7. The number of nitro groups is 1. The fourth-order valence-corrected chi connectivity index (χ4v) is 4.64. The molecule has 1 aromatic heterocycles. The van der Waals surface area contributed by atoms with Crippen LogP contribution in [0.4, 0.5) is 11.5 Å². The van der Waals surface area contributed by atoms with Gasteiger partial charge >= 0.3 is 0 Å². The highest BCUT2D eigenvalue weighted by Gasteiger charge is 2.27. The molecule has 0 aliphatic carbocycles. The molecule has 180 valence electrons. The number of nitrogens with one attached hydrogen (secondary N) is 1. The summed E-state index contributed by atoms with van der Waals surface area (Å²) in [7, 11) is 0. The number of non-ortho nitro benzene ring substituents is 1. The Morgan fingerprint density at radius 2 is 1.91 bits per heavy atom. The van der Waals surface area contributed by atoms with E-state index in [0.29, 0.717) is 19.0 Å². The summed E-state index contributed by atoms with van der Waals surface area (Å²) in [5.41, 5.74) is 0.0158. The number of benzene rings is 1. The minimum atomic E-state index is -0.547. The maximum Gasteiger partial charge on any atom is 0.270 e. The van der Waals surface area contributed by atoms with Gasteiger partial charge in [-0.3, -0.25) is 24.6 Å². The van der Waals surface area contributed by atoms with Crippen LogP contribution in [-0.2, 0) is 4.79 Å². The van der Waals surface area contributed by atoms with Crippen LogP contribution in [0.5, 0.6) is 0 Å². The average molecular weight is 467 g/mol. The molecule has 0 bridgehead atoms. The molecule has 2 aromatic rings. The molecule has 2 amide bonds. The number of nitrogens with zero attached hydrogens (tertiary/aromatic N) is 5. The van der Waals surface area contributed by atoms with Gasteiger partial charge in [-0.1, -0.05) is 12.1 Å². The minimum Gasteiger partial charge on any atom is -0.354 e. The zero-order valence-electron chi connectivity index (χ0n) is 19.1. The van der Waals surface area contributed by atoms with E-state index in [-0.39, 0.29) is 23.7 Å². The molecule has 10 heteroatoms.